The first-order valence-corrected chi connectivity index (χ1v) is 6.54. The fourth-order valence-electron chi connectivity index (χ4n) is 1.55. The lowest BCUT2D eigenvalue weighted by atomic mass is 10.1. The minimum atomic E-state index is -0.124. The molecule has 0 unspecified atom stereocenters. The highest BCUT2D eigenvalue weighted by molar-refractivity contribution is 7.16. The Hall–Kier alpha value is -1.33. The van der Waals surface area contributed by atoms with E-state index in [-0.39, 0.29) is 5.91 Å². The first-order chi connectivity index (χ1) is 7.65. The summed E-state index contributed by atoms with van der Waals surface area (Å²) >= 11 is 3.03. The van der Waals surface area contributed by atoms with Gasteiger partial charge < -0.3 is 11.1 Å². The average Bonchev–Trinajstić information content (AvgIpc) is 2.83. The second-order valence-electron chi connectivity index (χ2n) is 3.40. The average molecular weight is 252 g/mol. The number of hydrogen-bond donors (Lipinski definition) is 2. The molecule has 2 heterocycles. The second-order valence-corrected chi connectivity index (χ2v) is 5.23. The van der Waals surface area contributed by atoms with Crippen LogP contribution in [0, 0.1) is 6.92 Å². The number of hydrogen-bond acceptors (Lipinski definition) is 4. The minimum Gasteiger partial charge on any atom is -0.390 e. The Morgan fingerprint density at radius 2 is 2.19 bits per heavy atom. The molecule has 84 valence electrons. The van der Waals surface area contributed by atoms with Gasteiger partial charge in [0.25, 0.3) is 5.91 Å². The van der Waals surface area contributed by atoms with Gasteiger partial charge in [0.15, 0.2) is 0 Å². The zero-order chi connectivity index (χ0) is 11.7. The van der Waals surface area contributed by atoms with Gasteiger partial charge in [-0.05, 0) is 23.9 Å². The van der Waals surface area contributed by atoms with E-state index in [2.05, 4.69) is 5.32 Å². The number of rotatable bonds is 2. The lowest BCUT2D eigenvalue weighted by molar-refractivity contribution is 0.0965. The summed E-state index contributed by atoms with van der Waals surface area (Å²) in [5.74, 6) is -0.124. The molecule has 0 radical (unpaired) electrons. The Morgan fingerprint density at radius 1 is 1.44 bits per heavy atom. The molecule has 3 nitrogen and oxygen atoms in total. The molecule has 0 saturated carbocycles. The van der Waals surface area contributed by atoms with Crippen LogP contribution in [-0.4, -0.2) is 13.0 Å². The zero-order valence-corrected chi connectivity index (χ0v) is 10.7. The fourth-order valence-corrected chi connectivity index (χ4v) is 3.37. The molecule has 0 aliphatic carbocycles. The van der Waals surface area contributed by atoms with Crippen molar-refractivity contribution in [2.75, 3.05) is 12.8 Å². The van der Waals surface area contributed by atoms with E-state index in [0.29, 0.717) is 10.6 Å². The number of nitrogens with two attached hydrogens (primary N) is 1. The maximum atomic E-state index is 11.7. The molecule has 5 heteroatoms. The predicted octanol–water partition coefficient (Wildman–Crippen LogP) is 2.73. The van der Waals surface area contributed by atoms with Crippen LogP contribution < -0.4 is 11.1 Å². The monoisotopic (exact) mass is 252 g/mol. The van der Waals surface area contributed by atoms with Crippen molar-refractivity contribution in [1.29, 1.82) is 0 Å². The SMILES string of the molecule is CNC(=O)c1c(-c2sccc2C)csc1N. The fraction of sp³-hybridized carbons (Fsp3) is 0.182. The Morgan fingerprint density at radius 3 is 2.75 bits per heavy atom. The molecule has 2 aromatic rings. The number of nitrogen functional groups attached to an aromatic ring is 1. The second kappa shape index (κ2) is 4.27. The van der Waals surface area contributed by atoms with E-state index in [1.165, 1.54) is 16.9 Å². The highest BCUT2D eigenvalue weighted by Gasteiger charge is 2.19. The molecule has 0 spiro atoms. The third-order valence-corrected chi connectivity index (χ3v) is 4.24. The molecular weight excluding hydrogens is 240 g/mol. The first-order valence-electron chi connectivity index (χ1n) is 4.78. The highest BCUT2D eigenvalue weighted by Crippen LogP contribution is 2.37. The molecular formula is C11H12N2OS2. The third kappa shape index (κ3) is 1.72. The van der Waals surface area contributed by atoms with Crippen LogP contribution in [0.15, 0.2) is 16.8 Å². The minimum absolute atomic E-state index is 0.124. The summed E-state index contributed by atoms with van der Waals surface area (Å²) in [6.07, 6.45) is 0. The highest BCUT2D eigenvalue weighted by atomic mass is 32.1. The molecule has 1 amide bonds. The van der Waals surface area contributed by atoms with Gasteiger partial charge in [0, 0.05) is 22.9 Å². The van der Waals surface area contributed by atoms with Gasteiger partial charge in [-0.25, -0.2) is 0 Å². The standard InChI is InChI=1S/C11H12N2OS2/c1-6-3-4-15-9(6)7-5-16-10(12)8(7)11(14)13-2/h3-5H,12H2,1-2H3,(H,13,14). The lowest BCUT2D eigenvalue weighted by Crippen LogP contribution is -2.19. The zero-order valence-electron chi connectivity index (χ0n) is 9.03. The Labute approximate surface area is 102 Å². The summed E-state index contributed by atoms with van der Waals surface area (Å²) < 4.78 is 0. The van der Waals surface area contributed by atoms with Crippen molar-refractivity contribution in [2.45, 2.75) is 6.92 Å². The van der Waals surface area contributed by atoms with Crippen molar-refractivity contribution >= 4 is 33.6 Å². The number of carbonyl (C=O) groups excluding carboxylic acids is 1. The lowest BCUT2D eigenvalue weighted by Gasteiger charge is -2.03. The smallest absolute Gasteiger partial charge is 0.254 e. The molecule has 0 fully saturated rings. The molecule has 0 saturated heterocycles. The van der Waals surface area contributed by atoms with Gasteiger partial charge in [0.2, 0.25) is 0 Å². The number of aryl methyl sites for hydroxylation is 1. The van der Waals surface area contributed by atoms with Crippen LogP contribution in [0.5, 0.6) is 0 Å². The summed E-state index contributed by atoms with van der Waals surface area (Å²) in [7, 11) is 1.62. The molecule has 0 atom stereocenters. The van der Waals surface area contributed by atoms with E-state index in [1.807, 2.05) is 23.8 Å². The molecule has 0 aromatic carbocycles. The Bertz CT molecular complexity index is 528. The van der Waals surface area contributed by atoms with E-state index in [9.17, 15) is 4.79 Å². The van der Waals surface area contributed by atoms with Crippen LogP contribution in [0.4, 0.5) is 5.00 Å². The topological polar surface area (TPSA) is 55.1 Å². The molecule has 0 aliphatic rings. The van der Waals surface area contributed by atoms with Crippen LogP contribution in [0.1, 0.15) is 15.9 Å². The van der Waals surface area contributed by atoms with Crippen molar-refractivity contribution in [3.8, 4) is 10.4 Å². The van der Waals surface area contributed by atoms with Crippen molar-refractivity contribution in [1.82, 2.24) is 5.32 Å². The molecule has 0 aliphatic heterocycles. The molecule has 2 aromatic heterocycles. The summed E-state index contributed by atoms with van der Waals surface area (Å²) in [6, 6.07) is 2.04. The van der Waals surface area contributed by atoms with E-state index < -0.39 is 0 Å². The van der Waals surface area contributed by atoms with Gasteiger partial charge >= 0.3 is 0 Å². The van der Waals surface area contributed by atoms with Crippen LogP contribution in [-0.2, 0) is 0 Å². The quantitative estimate of drug-likeness (QED) is 0.863. The summed E-state index contributed by atoms with van der Waals surface area (Å²) in [4.78, 5) is 12.9. The molecule has 3 N–H and O–H groups in total. The summed E-state index contributed by atoms with van der Waals surface area (Å²) in [5.41, 5.74) is 8.54. The summed E-state index contributed by atoms with van der Waals surface area (Å²) in [6.45, 7) is 2.04. The van der Waals surface area contributed by atoms with Gasteiger partial charge in [-0.2, -0.15) is 0 Å². The van der Waals surface area contributed by atoms with Crippen molar-refractivity contribution < 1.29 is 4.79 Å². The van der Waals surface area contributed by atoms with Gasteiger partial charge in [0.1, 0.15) is 0 Å². The number of thiophene rings is 2. The van der Waals surface area contributed by atoms with Gasteiger partial charge in [-0.15, -0.1) is 22.7 Å². The number of amides is 1. The van der Waals surface area contributed by atoms with Crippen LogP contribution in [0.25, 0.3) is 10.4 Å². The molecule has 16 heavy (non-hydrogen) atoms. The predicted molar refractivity (Wildman–Crippen MR) is 70.2 cm³/mol. The molecule has 2 rings (SSSR count). The number of carbonyl (C=O) groups is 1. The van der Waals surface area contributed by atoms with Crippen molar-refractivity contribution in [2.24, 2.45) is 0 Å². The largest absolute Gasteiger partial charge is 0.390 e. The maximum absolute atomic E-state index is 11.7. The number of nitrogens with one attached hydrogen (secondary N) is 1. The summed E-state index contributed by atoms with van der Waals surface area (Å²) in [5, 5.41) is 7.16. The van der Waals surface area contributed by atoms with Gasteiger partial charge in [-0.3, -0.25) is 4.79 Å². The van der Waals surface area contributed by atoms with E-state index in [0.717, 1.165) is 10.4 Å². The van der Waals surface area contributed by atoms with E-state index in [1.54, 1.807) is 18.4 Å². The van der Waals surface area contributed by atoms with E-state index in [4.69, 9.17) is 5.73 Å². The van der Waals surface area contributed by atoms with Crippen LogP contribution in [0.3, 0.4) is 0 Å². The molecule has 0 bridgehead atoms. The van der Waals surface area contributed by atoms with Crippen molar-refractivity contribution in [3.63, 3.8) is 0 Å². The Balaban J connectivity index is 2.59. The third-order valence-electron chi connectivity index (χ3n) is 2.38. The Kier molecular flexibility index (Phi) is 2.98. The number of anilines is 1. The van der Waals surface area contributed by atoms with Crippen molar-refractivity contribution in [3.05, 3.63) is 28.0 Å². The first kappa shape index (κ1) is 11.2. The van der Waals surface area contributed by atoms with Crippen LogP contribution in [0.2, 0.25) is 0 Å². The normalized spacial score (nSPS) is 10.4. The van der Waals surface area contributed by atoms with Gasteiger partial charge in [0.05, 0.1) is 10.6 Å². The van der Waals surface area contributed by atoms with Gasteiger partial charge in [-0.1, -0.05) is 0 Å². The van der Waals surface area contributed by atoms with E-state index >= 15 is 0 Å². The van der Waals surface area contributed by atoms with Crippen LogP contribution >= 0.6 is 22.7 Å². The maximum Gasteiger partial charge on any atom is 0.254 e.